The first-order valence-electron chi connectivity index (χ1n) is 11.6. The average molecular weight is 503 g/mol. The molecular formula is C25H34N4O7. The Kier molecular flexibility index (Phi) is 10.5. The van der Waals surface area contributed by atoms with Gasteiger partial charge < -0.3 is 42.5 Å². The van der Waals surface area contributed by atoms with Crippen LogP contribution in [0.2, 0.25) is 0 Å². The minimum atomic E-state index is -0.952. The third-order valence-corrected chi connectivity index (χ3v) is 5.69. The standard InChI is InChI=1S/C25H34N4O7/c1-14(30)19(29-25(36)18(27)11-16-6-8-21(32)23(34)13-16)4-2-3-9-28-24(35)17(26)10-15-5-7-20(31)22(33)12-15/h5-8,12-13,17-19,31-34H,2-4,9-11,26-27H2,1H3,(H,28,35)(H,29,36)/t17-,18?,19-/m0/s1. The molecule has 0 radical (unpaired) electrons. The number of ketones is 1. The normalized spacial score (nSPS) is 13.4. The number of amides is 2. The summed E-state index contributed by atoms with van der Waals surface area (Å²) >= 11 is 0. The molecule has 0 fully saturated rings. The van der Waals surface area contributed by atoms with Crippen molar-refractivity contribution >= 4 is 17.6 Å². The predicted molar refractivity (Wildman–Crippen MR) is 132 cm³/mol. The third-order valence-electron chi connectivity index (χ3n) is 5.69. The lowest BCUT2D eigenvalue weighted by Crippen LogP contribution is -2.48. The van der Waals surface area contributed by atoms with Gasteiger partial charge in [0, 0.05) is 6.54 Å². The van der Waals surface area contributed by atoms with Crippen molar-refractivity contribution in [2.45, 2.75) is 57.2 Å². The maximum Gasteiger partial charge on any atom is 0.237 e. The highest BCUT2D eigenvalue weighted by Crippen LogP contribution is 2.26. The van der Waals surface area contributed by atoms with E-state index in [-0.39, 0.29) is 47.5 Å². The summed E-state index contributed by atoms with van der Waals surface area (Å²) in [5.41, 5.74) is 13.0. The van der Waals surface area contributed by atoms with Crippen LogP contribution in [0.15, 0.2) is 36.4 Å². The lowest BCUT2D eigenvalue weighted by atomic mass is 10.0. The molecule has 0 saturated carbocycles. The van der Waals surface area contributed by atoms with E-state index in [4.69, 9.17) is 11.5 Å². The van der Waals surface area contributed by atoms with Crippen LogP contribution in [0.25, 0.3) is 0 Å². The van der Waals surface area contributed by atoms with Gasteiger partial charge in [-0.1, -0.05) is 12.1 Å². The van der Waals surface area contributed by atoms with Crippen molar-refractivity contribution in [1.29, 1.82) is 0 Å². The van der Waals surface area contributed by atoms with Crippen LogP contribution in [0.5, 0.6) is 23.0 Å². The number of phenols is 4. The van der Waals surface area contributed by atoms with Crippen LogP contribution in [0.3, 0.4) is 0 Å². The second kappa shape index (κ2) is 13.3. The molecule has 0 aliphatic carbocycles. The van der Waals surface area contributed by atoms with Gasteiger partial charge in [-0.25, -0.2) is 0 Å². The van der Waals surface area contributed by atoms with Crippen molar-refractivity contribution < 1.29 is 34.8 Å². The monoisotopic (exact) mass is 502 g/mol. The van der Waals surface area contributed by atoms with Crippen LogP contribution in [0.4, 0.5) is 0 Å². The summed E-state index contributed by atoms with van der Waals surface area (Å²) in [6.07, 6.45) is 1.76. The van der Waals surface area contributed by atoms with Crippen LogP contribution in [0, 0.1) is 0 Å². The number of hydrogen-bond acceptors (Lipinski definition) is 9. The minimum absolute atomic E-state index is 0.111. The highest BCUT2D eigenvalue weighted by atomic mass is 16.3. The molecule has 11 nitrogen and oxygen atoms in total. The zero-order valence-electron chi connectivity index (χ0n) is 20.1. The van der Waals surface area contributed by atoms with E-state index in [9.17, 15) is 34.8 Å². The summed E-state index contributed by atoms with van der Waals surface area (Å²) in [6.45, 7) is 1.70. The Balaban J connectivity index is 1.73. The summed E-state index contributed by atoms with van der Waals surface area (Å²) in [4.78, 5) is 36.7. The van der Waals surface area contributed by atoms with Crippen LogP contribution < -0.4 is 22.1 Å². The van der Waals surface area contributed by atoms with E-state index in [1.54, 1.807) is 12.1 Å². The van der Waals surface area contributed by atoms with Crippen molar-refractivity contribution in [3.8, 4) is 23.0 Å². The number of hydrogen-bond donors (Lipinski definition) is 8. The number of nitrogens with one attached hydrogen (secondary N) is 2. The fraction of sp³-hybridized carbons (Fsp3) is 0.400. The van der Waals surface area contributed by atoms with Crippen molar-refractivity contribution in [3.63, 3.8) is 0 Å². The molecule has 0 aromatic heterocycles. The van der Waals surface area contributed by atoms with Gasteiger partial charge in [0.15, 0.2) is 28.8 Å². The fourth-order valence-corrected chi connectivity index (χ4v) is 3.56. The Morgan fingerprint density at radius 2 is 1.28 bits per heavy atom. The number of rotatable bonds is 13. The molecule has 0 spiro atoms. The zero-order valence-corrected chi connectivity index (χ0v) is 20.1. The number of nitrogens with two attached hydrogens (primary N) is 2. The molecule has 11 heteroatoms. The van der Waals surface area contributed by atoms with Gasteiger partial charge in [0.25, 0.3) is 0 Å². The van der Waals surface area contributed by atoms with Gasteiger partial charge in [0.2, 0.25) is 11.8 Å². The molecule has 196 valence electrons. The highest BCUT2D eigenvalue weighted by Gasteiger charge is 2.22. The molecule has 3 atom stereocenters. The summed E-state index contributed by atoms with van der Waals surface area (Å²) in [7, 11) is 0. The molecule has 10 N–H and O–H groups in total. The number of phenolic OH excluding ortho intramolecular Hbond substituents is 4. The summed E-state index contributed by atoms with van der Waals surface area (Å²) in [5, 5.41) is 43.2. The van der Waals surface area contributed by atoms with E-state index in [0.29, 0.717) is 36.9 Å². The van der Waals surface area contributed by atoms with Crippen molar-refractivity contribution in [2.75, 3.05) is 6.54 Å². The molecule has 0 saturated heterocycles. The predicted octanol–water partition coefficient (Wildman–Crippen LogP) is 0.309. The summed E-state index contributed by atoms with van der Waals surface area (Å²) in [6, 6.07) is 5.89. The van der Waals surface area contributed by atoms with E-state index in [1.165, 1.54) is 31.2 Å². The average Bonchev–Trinajstić information content (AvgIpc) is 2.82. The first kappa shape index (κ1) is 28.4. The Labute approximate surface area is 209 Å². The summed E-state index contributed by atoms with van der Waals surface area (Å²) in [5.74, 6) is -2.23. The zero-order chi connectivity index (χ0) is 26.8. The van der Waals surface area contributed by atoms with Crippen molar-refractivity contribution in [1.82, 2.24) is 10.6 Å². The molecule has 2 aromatic rings. The van der Waals surface area contributed by atoms with Gasteiger partial charge in [-0.2, -0.15) is 0 Å². The molecule has 0 aliphatic rings. The second-order valence-corrected chi connectivity index (χ2v) is 8.73. The fourth-order valence-electron chi connectivity index (χ4n) is 3.56. The van der Waals surface area contributed by atoms with E-state index >= 15 is 0 Å². The van der Waals surface area contributed by atoms with E-state index in [2.05, 4.69) is 10.6 Å². The lowest BCUT2D eigenvalue weighted by molar-refractivity contribution is -0.127. The van der Waals surface area contributed by atoms with Gasteiger partial charge in [-0.3, -0.25) is 14.4 Å². The molecule has 2 rings (SSSR count). The number of benzene rings is 2. The van der Waals surface area contributed by atoms with E-state index in [1.807, 2.05) is 0 Å². The topological polar surface area (TPSA) is 208 Å². The second-order valence-electron chi connectivity index (χ2n) is 8.73. The summed E-state index contributed by atoms with van der Waals surface area (Å²) < 4.78 is 0. The molecular weight excluding hydrogens is 468 g/mol. The van der Waals surface area contributed by atoms with Gasteiger partial charge in [-0.05, 0) is 74.4 Å². The number of Topliss-reactive ketones (excluding diaryl/α,β-unsaturated/α-hetero) is 1. The smallest absolute Gasteiger partial charge is 0.237 e. The molecule has 0 bridgehead atoms. The van der Waals surface area contributed by atoms with Crippen molar-refractivity contribution in [3.05, 3.63) is 47.5 Å². The molecule has 2 amide bonds. The Hall–Kier alpha value is -3.83. The molecule has 0 aliphatic heterocycles. The first-order valence-corrected chi connectivity index (χ1v) is 11.6. The van der Waals surface area contributed by atoms with E-state index < -0.39 is 24.0 Å². The van der Waals surface area contributed by atoms with Crippen LogP contribution >= 0.6 is 0 Å². The Morgan fingerprint density at radius 3 is 1.75 bits per heavy atom. The number of carbonyl (C=O) groups is 3. The van der Waals surface area contributed by atoms with Crippen LogP contribution in [0.1, 0.15) is 37.3 Å². The molecule has 1 unspecified atom stereocenters. The van der Waals surface area contributed by atoms with Gasteiger partial charge in [0.05, 0.1) is 18.1 Å². The maximum atomic E-state index is 12.5. The van der Waals surface area contributed by atoms with E-state index in [0.717, 1.165) is 0 Å². The SMILES string of the molecule is CC(=O)[C@H](CCCCNC(=O)[C@@H](N)Cc1ccc(O)c(O)c1)NC(=O)C(N)Cc1ccc(O)c(O)c1. The first-order chi connectivity index (χ1) is 17.0. The quantitative estimate of drug-likeness (QED) is 0.140. The number of carbonyl (C=O) groups excluding carboxylic acids is 3. The molecule has 2 aromatic carbocycles. The molecule has 0 heterocycles. The van der Waals surface area contributed by atoms with Gasteiger partial charge in [-0.15, -0.1) is 0 Å². The molecule has 36 heavy (non-hydrogen) atoms. The van der Waals surface area contributed by atoms with Crippen LogP contribution in [-0.4, -0.2) is 62.7 Å². The number of unbranched alkanes of at least 4 members (excludes halogenated alkanes) is 1. The van der Waals surface area contributed by atoms with Crippen molar-refractivity contribution in [2.24, 2.45) is 11.5 Å². The Morgan fingerprint density at radius 1 is 0.778 bits per heavy atom. The largest absolute Gasteiger partial charge is 0.504 e. The highest BCUT2D eigenvalue weighted by molar-refractivity contribution is 5.89. The third kappa shape index (κ3) is 8.75. The number of aromatic hydroxyl groups is 4. The van der Waals surface area contributed by atoms with Gasteiger partial charge in [0.1, 0.15) is 0 Å². The Bertz CT molecular complexity index is 1080. The lowest BCUT2D eigenvalue weighted by Gasteiger charge is -2.19. The van der Waals surface area contributed by atoms with Gasteiger partial charge >= 0.3 is 0 Å². The van der Waals surface area contributed by atoms with Crippen LogP contribution in [-0.2, 0) is 27.2 Å². The maximum absolute atomic E-state index is 12.5. The minimum Gasteiger partial charge on any atom is -0.504 e.